The lowest BCUT2D eigenvalue weighted by molar-refractivity contribution is 0.0496. The normalized spacial score (nSPS) is 24.6. The Labute approximate surface area is 109 Å². The number of ether oxygens (including phenoxy) is 1. The van der Waals surface area contributed by atoms with Gasteiger partial charge in [0.1, 0.15) is 11.6 Å². The van der Waals surface area contributed by atoms with Crippen molar-refractivity contribution in [3.05, 3.63) is 18.1 Å². The molecular weight excluding hydrogens is 226 g/mol. The highest BCUT2D eigenvalue weighted by molar-refractivity contribution is 5.38. The van der Waals surface area contributed by atoms with Gasteiger partial charge in [0.25, 0.3) is 0 Å². The molecule has 0 saturated carbocycles. The Morgan fingerprint density at radius 1 is 1.44 bits per heavy atom. The smallest absolute Gasteiger partial charge is 0.133 e. The molecule has 4 heteroatoms. The van der Waals surface area contributed by atoms with Gasteiger partial charge in [-0.3, -0.25) is 0 Å². The number of aromatic nitrogens is 2. The second kappa shape index (κ2) is 5.65. The van der Waals surface area contributed by atoms with Gasteiger partial charge in [-0.05, 0) is 18.4 Å². The van der Waals surface area contributed by atoms with E-state index in [9.17, 15) is 0 Å². The molecule has 1 aromatic rings. The fourth-order valence-corrected chi connectivity index (χ4v) is 2.37. The first-order chi connectivity index (χ1) is 8.61. The van der Waals surface area contributed by atoms with Crippen molar-refractivity contribution in [2.45, 2.75) is 39.2 Å². The average Bonchev–Trinajstić information content (AvgIpc) is 2.39. The number of rotatable bonds is 3. The standard InChI is InChI=1S/C14H23N3O/c1-10(2)14-15-7-5-13(16-14)17-8-6-11(3)12(9-17)18-4/h5,7,10-12H,6,8-9H2,1-4H3. The highest BCUT2D eigenvalue weighted by atomic mass is 16.5. The summed E-state index contributed by atoms with van der Waals surface area (Å²) in [5.74, 6) is 2.94. The lowest BCUT2D eigenvalue weighted by atomic mass is 9.96. The zero-order valence-corrected chi connectivity index (χ0v) is 11.8. The molecule has 1 saturated heterocycles. The van der Waals surface area contributed by atoms with Crippen molar-refractivity contribution < 1.29 is 4.74 Å². The van der Waals surface area contributed by atoms with E-state index in [0.717, 1.165) is 31.2 Å². The Balaban J connectivity index is 2.14. The van der Waals surface area contributed by atoms with E-state index in [1.165, 1.54) is 0 Å². The third-order valence-corrected chi connectivity index (χ3v) is 3.69. The molecule has 0 amide bonds. The van der Waals surface area contributed by atoms with Crippen molar-refractivity contribution in [1.82, 2.24) is 9.97 Å². The van der Waals surface area contributed by atoms with Crippen LogP contribution in [0, 0.1) is 5.92 Å². The minimum Gasteiger partial charge on any atom is -0.379 e. The van der Waals surface area contributed by atoms with Crippen molar-refractivity contribution in [3.8, 4) is 0 Å². The van der Waals surface area contributed by atoms with Gasteiger partial charge in [-0.15, -0.1) is 0 Å². The van der Waals surface area contributed by atoms with Crippen molar-refractivity contribution >= 4 is 5.82 Å². The Kier molecular flexibility index (Phi) is 4.17. The highest BCUT2D eigenvalue weighted by Gasteiger charge is 2.26. The van der Waals surface area contributed by atoms with Gasteiger partial charge in [0.05, 0.1) is 6.10 Å². The lowest BCUT2D eigenvalue weighted by Crippen LogP contribution is -2.44. The number of hydrogen-bond acceptors (Lipinski definition) is 4. The number of hydrogen-bond donors (Lipinski definition) is 0. The first-order valence-corrected chi connectivity index (χ1v) is 6.72. The molecule has 4 nitrogen and oxygen atoms in total. The lowest BCUT2D eigenvalue weighted by Gasteiger charge is -2.37. The molecule has 18 heavy (non-hydrogen) atoms. The van der Waals surface area contributed by atoms with Gasteiger partial charge in [0.2, 0.25) is 0 Å². The summed E-state index contributed by atoms with van der Waals surface area (Å²) in [6.45, 7) is 8.47. The predicted octanol–water partition coefficient (Wildman–Crippen LogP) is 2.46. The summed E-state index contributed by atoms with van der Waals surface area (Å²) in [6.07, 6.45) is 3.31. The Morgan fingerprint density at radius 3 is 2.89 bits per heavy atom. The molecule has 2 unspecified atom stereocenters. The van der Waals surface area contributed by atoms with Crippen LogP contribution in [0.4, 0.5) is 5.82 Å². The van der Waals surface area contributed by atoms with Crippen LogP contribution in [0.25, 0.3) is 0 Å². The second-order valence-electron chi connectivity index (χ2n) is 5.41. The zero-order chi connectivity index (χ0) is 13.1. The maximum absolute atomic E-state index is 5.55. The SMILES string of the molecule is COC1CN(c2ccnc(C(C)C)n2)CCC1C. The monoisotopic (exact) mass is 249 g/mol. The third kappa shape index (κ3) is 2.80. The van der Waals surface area contributed by atoms with Crippen LogP contribution < -0.4 is 4.90 Å². The van der Waals surface area contributed by atoms with Gasteiger partial charge in [0, 0.05) is 32.3 Å². The molecule has 0 aliphatic carbocycles. The number of nitrogens with zero attached hydrogens (tertiary/aromatic N) is 3. The summed E-state index contributed by atoms with van der Waals surface area (Å²) < 4.78 is 5.55. The molecule has 1 fully saturated rings. The van der Waals surface area contributed by atoms with E-state index in [2.05, 4.69) is 35.6 Å². The van der Waals surface area contributed by atoms with E-state index in [-0.39, 0.29) is 0 Å². The van der Waals surface area contributed by atoms with Gasteiger partial charge in [-0.2, -0.15) is 0 Å². The van der Waals surface area contributed by atoms with Gasteiger partial charge < -0.3 is 9.64 Å². The first-order valence-electron chi connectivity index (χ1n) is 6.72. The van der Waals surface area contributed by atoms with Crippen molar-refractivity contribution in [1.29, 1.82) is 0 Å². The van der Waals surface area contributed by atoms with E-state index < -0.39 is 0 Å². The van der Waals surface area contributed by atoms with Gasteiger partial charge in [-0.1, -0.05) is 20.8 Å². The topological polar surface area (TPSA) is 38.2 Å². The van der Waals surface area contributed by atoms with Crippen LogP contribution in [0.15, 0.2) is 12.3 Å². The number of methoxy groups -OCH3 is 1. The van der Waals surface area contributed by atoms with E-state index in [4.69, 9.17) is 4.74 Å². The van der Waals surface area contributed by atoms with Gasteiger partial charge in [0.15, 0.2) is 0 Å². The van der Waals surface area contributed by atoms with E-state index in [1.807, 2.05) is 12.3 Å². The molecule has 2 heterocycles. The van der Waals surface area contributed by atoms with Gasteiger partial charge in [-0.25, -0.2) is 9.97 Å². The maximum Gasteiger partial charge on any atom is 0.133 e. The Morgan fingerprint density at radius 2 is 2.22 bits per heavy atom. The van der Waals surface area contributed by atoms with E-state index >= 15 is 0 Å². The van der Waals surface area contributed by atoms with E-state index in [0.29, 0.717) is 17.9 Å². The Bertz CT molecular complexity index is 394. The quantitative estimate of drug-likeness (QED) is 0.825. The van der Waals surface area contributed by atoms with Crippen LogP contribution in [-0.2, 0) is 4.74 Å². The zero-order valence-electron chi connectivity index (χ0n) is 11.8. The van der Waals surface area contributed by atoms with Gasteiger partial charge >= 0.3 is 0 Å². The largest absolute Gasteiger partial charge is 0.379 e. The minimum absolute atomic E-state index is 0.302. The molecule has 1 aromatic heterocycles. The molecule has 0 N–H and O–H groups in total. The van der Waals surface area contributed by atoms with Crippen LogP contribution in [0.2, 0.25) is 0 Å². The highest BCUT2D eigenvalue weighted by Crippen LogP contribution is 2.24. The number of piperidine rings is 1. The van der Waals surface area contributed by atoms with Crippen LogP contribution in [0.5, 0.6) is 0 Å². The van der Waals surface area contributed by atoms with Crippen molar-refractivity contribution in [2.24, 2.45) is 5.92 Å². The fourth-order valence-electron chi connectivity index (χ4n) is 2.37. The van der Waals surface area contributed by atoms with Crippen LogP contribution in [0.1, 0.15) is 38.9 Å². The summed E-state index contributed by atoms with van der Waals surface area (Å²) >= 11 is 0. The summed E-state index contributed by atoms with van der Waals surface area (Å²) in [7, 11) is 1.80. The van der Waals surface area contributed by atoms with Crippen LogP contribution >= 0.6 is 0 Å². The second-order valence-corrected chi connectivity index (χ2v) is 5.41. The van der Waals surface area contributed by atoms with Crippen LogP contribution in [-0.4, -0.2) is 36.3 Å². The fraction of sp³-hybridized carbons (Fsp3) is 0.714. The molecule has 2 rings (SSSR count). The first kappa shape index (κ1) is 13.3. The molecule has 1 aliphatic heterocycles. The molecule has 0 radical (unpaired) electrons. The molecule has 2 atom stereocenters. The van der Waals surface area contributed by atoms with Crippen molar-refractivity contribution in [2.75, 3.05) is 25.1 Å². The molecule has 1 aliphatic rings. The molecule has 100 valence electrons. The molecule has 0 aromatic carbocycles. The van der Waals surface area contributed by atoms with Crippen molar-refractivity contribution in [3.63, 3.8) is 0 Å². The molecule has 0 bridgehead atoms. The summed E-state index contributed by atoms with van der Waals surface area (Å²) in [5.41, 5.74) is 0. The minimum atomic E-state index is 0.302. The average molecular weight is 249 g/mol. The summed E-state index contributed by atoms with van der Waals surface area (Å²) in [4.78, 5) is 11.3. The van der Waals surface area contributed by atoms with Crippen LogP contribution in [0.3, 0.4) is 0 Å². The Hall–Kier alpha value is -1.16. The predicted molar refractivity (Wildman–Crippen MR) is 72.9 cm³/mol. The number of anilines is 1. The molecular formula is C14H23N3O. The summed E-state index contributed by atoms with van der Waals surface area (Å²) in [6, 6.07) is 1.99. The third-order valence-electron chi connectivity index (χ3n) is 3.69. The summed E-state index contributed by atoms with van der Waals surface area (Å²) in [5, 5.41) is 0. The van der Waals surface area contributed by atoms with E-state index in [1.54, 1.807) is 7.11 Å². The maximum atomic E-state index is 5.55. The molecule has 0 spiro atoms.